The third kappa shape index (κ3) is 4.61. The molecule has 0 atom stereocenters. The standard InChI is InChI=1S/C20H15BrO4/c1-23-20(22)14-11-18(24-16-5-3-2-4-6-16)13-19(12-14)25-17-9-7-15(21)8-10-17/h2-13H,1H3. The summed E-state index contributed by atoms with van der Waals surface area (Å²) >= 11 is 3.38. The van der Waals surface area contributed by atoms with E-state index in [1.54, 1.807) is 18.2 Å². The maximum Gasteiger partial charge on any atom is 0.338 e. The van der Waals surface area contributed by atoms with Crippen LogP contribution in [0.2, 0.25) is 0 Å². The molecular formula is C20H15BrO4. The fourth-order valence-corrected chi connectivity index (χ4v) is 2.45. The molecule has 4 nitrogen and oxygen atoms in total. The highest BCUT2D eigenvalue weighted by Gasteiger charge is 2.12. The van der Waals surface area contributed by atoms with Crippen LogP contribution in [0, 0.1) is 0 Å². The van der Waals surface area contributed by atoms with E-state index in [4.69, 9.17) is 14.2 Å². The van der Waals surface area contributed by atoms with Crippen molar-refractivity contribution in [2.24, 2.45) is 0 Å². The van der Waals surface area contributed by atoms with Crippen molar-refractivity contribution in [1.29, 1.82) is 0 Å². The van der Waals surface area contributed by atoms with Gasteiger partial charge >= 0.3 is 5.97 Å². The molecule has 3 rings (SSSR count). The lowest BCUT2D eigenvalue weighted by molar-refractivity contribution is 0.0600. The number of esters is 1. The summed E-state index contributed by atoms with van der Waals surface area (Å²) in [5.41, 5.74) is 0.350. The van der Waals surface area contributed by atoms with Gasteiger partial charge in [0, 0.05) is 10.5 Å². The van der Waals surface area contributed by atoms with E-state index in [1.165, 1.54) is 7.11 Å². The Hall–Kier alpha value is -2.79. The minimum atomic E-state index is -0.459. The Morgan fingerprint density at radius 1 is 0.760 bits per heavy atom. The lowest BCUT2D eigenvalue weighted by atomic mass is 10.2. The van der Waals surface area contributed by atoms with Gasteiger partial charge in [-0.15, -0.1) is 0 Å². The number of hydrogen-bond acceptors (Lipinski definition) is 4. The predicted molar refractivity (Wildman–Crippen MR) is 98.5 cm³/mol. The Balaban J connectivity index is 1.92. The fourth-order valence-electron chi connectivity index (χ4n) is 2.19. The quantitative estimate of drug-likeness (QED) is 0.507. The van der Waals surface area contributed by atoms with Crippen molar-refractivity contribution < 1.29 is 19.0 Å². The predicted octanol–water partition coefficient (Wildman–Crippen LogP) is 5.82. The van der Waals surface area contributed by atoms with E-state index in [9.17, 15) is 4.79 Å². The molecule has 0 radical (unpaired) electrons. The summed E-state index contributed by atoms with van der Waals surface area (Å²) in [6, 6.07) is 21.7. The first-order valence-corrected chi connectivity index (χ1v) is 8.33. The Morgan fingerprint density at radius 3 is 1.88 bits per heavy atom. The van der Waals surface area contributed by atoms with Crippen LogP contribution < -0.4 is 9.47 Å². The Bertz CT molecular complexity index is 861. The molecule has 0 aliphatic carbocycles. The van der Waals surface area contributed by atoms with E-state index < -0.39 is 5.97 Å². The van der Waals surface area contributed by atoms with Crippen LogP contribution in [0.1, 0.15) is 10.4 Å². The largest absolute Gasteiger partial charge is 0.465 e. The van der Waals surface area contributed by atoms with Crippen LogP contribution in [0.25, 0.3) is 0 Å². The molecule has 0 spiro atoms. The maximum absolute atomic E-state index is 11.9. The van der Waals surface area contributed by atoms with E-state index in [0.717, 1.165) is 4.47 Å². The van der Waals surface area contributed by atoms with Gasteiger partial charge in [-0.1, -0.05) is 34.1 Å². The smallest absolute Gasteiger partial charge is 0.338 e. The van der Waals surface area contributed by atoms with Crippen LogP contribution in [0.15, 0.2) is 77.3 Å². The molecule has 0 saturated carbocycles. The molecule has 0 saturated heterocycles. The van der Waals surface area contributed by atoms with Gasteiger partial charge in [0.1, 0.15) is 23.0 Å². The summed E-state index contributed by atoms with van der Waals surface area (Å²) in [5, 5.41) is 0. The number of benzene rings is 3. The molecule has 0 aliphatic heterocycles. The van der Waals surface area contributed by atoms with Crippen LogP contribution in [0.3, 0.4) is 0 Å². The number of ether oxygens (including phenoxy) is 3. The SMILES string of the molecule is COC(=O)c1cc(Oc2ccccc2)cc(Oc2ccc(Br)cc2)c1. The van der Waals surface area contributed by atoms with Crippen molar-refractivity contribution >= 4 is 21.9 Å². The molecule has 0 amide bonds. The summed E-state index contributed by atoms with van der Waals surface area (Å²) in [4.78, 5) is 11.9. The summed E-state index contributed by atoms with van der Waals surface area (Å²) in [7, 11) is 1.34. The number of carbonyl (C=O) groups excluding carboxylic acids is 1. The summed E-state index contributed by atoms with van der Waals surface area (Å²) in [5.74, 6) is 1.83. The van der Waals surface area contributed by atoms with E-state index in [2.05, 4.69) is 15.9 Å². The molecule has 0 aromatic heterocycles. The number of para-hydroxylation sites is 1. The first-order valence-electron chi connectivity index (χ1n) is 7.54. The van der Waals surface area contributed by atoms with Gasteiger partial charge in [-0.05, 0) is 48.5 Å². The zero-order valence-electron chi connectivity index (χ0n) is 13.4. The second kappa shape index (κ2) is 7.85. The van der Waals surface area contributed by atoms with E-state index in [0.29, 0.717) is 28.6 Å². The highest BCUT2D eigenvalue weighted by Crippen LogP contribution is 2.31. The molecule has 0 fully saturated rings. The average Bonchev–Trinajstić information content (AvgIpc) is 2.63. The van der Waals surface area contributed by atoms with Gasteiger partial charge in [0.15, 0.2) is 0 Å². The third-order valence-corrected chi connectivity index (χ3v) is 3.86. The highest BCUT2D eigenvalue weighted by molar-refractivity contribution is 9.10. The Labute approximate surface area is 154 Å². The van der Waals surface area contributed by atoms with E-state index >= 15 is 0 Å². The minimum Gasteiger partial charge on any atom is -0.465 e. The van der Waals surface area contributed by atoms with Gasteiger partial charge in [0.05, 0.1) is 12.7 Å². The zero-order valence-corrected chi connectivity index (χ0v) is 15.0. The second-order valence-electron chi connectivity index (χ2n) is 5.16. The lowest BCUT2D eigenvalue weighted by Crippen LogP contribution is -2.02. The van der Waals surface area contributed by atoms with Crippen molar-refractivity contribution in [1.82, 2.24) is 0 Å². The zero-order chi connectivity index (χ0) is 17.6. The van der Waals surface area contributed by atoms with Crippen LogP contribution in [0.5, 0.6) is 23.0 Å². The van der Waals surface area contributed by atoms with E-state index in [-0.39, 0.29) is 0 Å². The van der Waals surface area contributed by atoms with Crippen molar-refractivity contribution in [3.05, 3.63) is 82.8 Å². The number of halogens is 1. The molecule has 0 aliphatic rings. The summed E-state index contributed by atoms with van der Waals surface area (Å²) in [6.07, 6.45) is 0. The van der Waals surface area contributed by atoms with Gasteiger partial charge < -0.3 is 14.2 Å². The topological polar surface area (TPSA) is 44.8 Å². The molecule has 0 N–H and O–H groups in total. The highest BCUT2D eigenvalue weighted by atomic mass is 79.9. The maximum atomic E-state index is 11.9. The van der Waals surface area contributed by atoms with E-state index in [1.807, 2.05) is 54.6 Å². The molecule has 25 heavy (non-hydrogen) atoms. The van der Waals surface area contributed by atoms with Gasteiger partial charge in [-0.3, -0.25) is 0 Å². The van der Waals surface area contributed by atoms with Gasteiger partial charge in [-0.25, -0.2) is 4.79 Å². The molecule has 0 bridgehead atoms. The average molecular weight is 399 g/mol. The molecule has 5 heteroatoms. The summed E-state index contributed by atoms with van der Waals surface area (Å²) in [6.45, 7) is 0. The summed E-state index contributed by atoms with van der Waals surface area (Å²) < 4.78 is 17.4. The minimum absolute atomic E-state index is 0.350. The Morgan fingerprint density at radius 2 is 1.32 bits per heavy atom. The lowest BCUT2D eigenvalue weighted by Gasteiger charge is -2.11. The molecule has 0 unspecified atom stereocenters. The van der Waals surface area contributed by atoms with Gasteiger partial charge in [0.2, 0.25) is 0 Å². The van der Waals surface area contributed by atoms with Gasteiger partial charge in [0.25, 0.3) is 0 Å². The number of carbonyl (C=O) groups is 1. The fraction of sp³-hybridized carbons (Fsp3) is 0.0500. The molecule has 3 aromatic carbocycles. The van der Waals surface area contributed by atoms with Crippen LogP contribution in [0.4, 0.5) is 0 Å². The van der Waals surface area contributed by atoms with Gasteiger partial charge in [-0.2, -0.15) is 0 Å². The van der Waals surface area contributed by atoms with Crippen LogP contribution in [-0.4, -0.2) is 13.1 Å². The van der Waals surface area contributed by atoms with Crippen molar-refractivity contribution in [3.8, 4) is 23.0 Å². The molecule has 0 heterocycles. The third-order valence-electron chi connectivity index (χ3n) is 3.33. The van der Waals surface area contributed by atoms with Crippen molar-refractivity contribution in [2.75, 3.05) is 7.11 Å². The molecular weight excluding hydrogens is 384 g/mol. The number of hydrogen-bond donors (Lipinski definition) is 0. The number of methoxy groups -OCH3 is 1. The normalized spacial score (nSPS) is 10.2. The monoisotopic (exact) mass is 398 g/mol. The second-order valence-corrected chi connectivity index (χ2v) is 6.07. The Kier molecular flexibility index (Phi) is 5.36. The van der Waals surface area contributed by atoms with Crippen molar-refractivity contribution in [3.63, 3.8) is 0 Å². The first kappa shape index (κ1) is 17.0. The molecule has 126 valence electrons. The van der Waals surface area contributed by atoms with Crippen molar-refractivity contribution in [2.45, 2.75) is 0 Å². The molecule has 3 aromatic rings. The first-order chi connectivity index (χ1) is 12.1. The van der Waals surface area contributed by atoms with Crippen LogP contribution >= 0.6 is 15.9 Å². The van der Waals surface area contributed by atoms with Crippen LogP contribution in [-0.2, 0) is 4.74 Å². The number of rotatable bonds is 5.